The van der Waals surface area contributed by atoms with Crippen molar-refractivity contribution in [3.05, 3.63) is 22.8 Å². The van der Waals surface area contributed by atoms with E-state index < -0.39 is 0 Å². The van der Waals surface area contributed by atoms with E-state index in [4.69, 9.17) is 16.3 Å². The van der Waals surface area contributed by atoms with Crippen molar-refractivity contribution in [3.8, 4) is 0 Å². The Balaban J connectivity index is 2.92. The van der Waals surface area contributed by atoms with Crippen molar-refractivity contribution < 1.29 is 4.74 Å². The molecule has 102 valence electrons. The molecule has 0 bridgehead atoms. The lowest BCUT2D eigenvalue weighted by Gasteiger charge is -2.29. The number of ether oxygens (including phenoxy) is 1. The molecule has 0 aliphatic carbocycles. The van der Waals surface area contributed by atoms with Crippen LogP contribution >= 0.6 is 11.6 Å². The van der Waals surface area contributed by atoms with Gasteiger partial charge in [0.1, 0.15) is 5.82 Å². The topological polar surface area (TPSA) is 37.4 Å². The zero-order valence-electron chi connectivity index (χ0n) is 11.5. The number of nitrogens with one attached hydrogen (secondary N) is 1. The van der Waals surface area contributed by atoms with Gasteiger partial charge < -0.3 is 15.0 Å². The molecule has 0 saturated heterocycles. The number of halogens is 1. The van der Waals surface area contributed by atoms with Gasteiger partial charge in [0.15, 0.2) is 0 Å². The molecule has 0 spiro atoms. The standard InChI is InChI=1S/C13H22ClN3O/c1-5-17(10(2)9-18-4)13-12(14)6-11(7-15-3)8-16-13/h6,8,10,15H,5,7,9H2,1-4H3. The summed E-state index contributed by atoms with van der Waals surface area (Å²) in [5.74, 6) is 0.823. The molecule has 1 aromatic heterocycles. The molecule has 0 aliphatic rings. The molecule has 0 fully saturated rings. The summed E-state index contributed by atoms with van der Waals surface area (Å²) in [4.78, 5) is 6.62. The second kappa shape index (κ2) is 7.56. The maximum atomic E-state index is 6.31. The number of rotatable bonds is 7. The van der Waals surface area contributed by atoms with Gasteiger partial charge in [-0.25, -0.2) is 4.98 Å². The van der Waals surface area contributed by atoms with Crippen molar-refractivity contribution in [2.24, 2.45) is 0 Å². The van der Waals surface area contributed by atoms with Gasteiger partial charge in [-0.15, -0.1) is 0 Å². The van der Waals surface area contributed by atoms with Gasteiger partial charge in [0.05, 0.1) is 17.7 Å². The van der Waals surface area contributed by atoms with E-state index in [9.17, 15) is 0 Å². The van der Waals surface area contributed by atoms with Crippen LogP contribution < -0.4 is 10.2 Å². The predicted molar refractivity (Wildman–Crippen MR) is 76.4 cm³/mol. The summed E-state index contributed by atoms with van der Waals surface area (Å²) in [5, 5.41) is 3.77. The van der Waals surface area contributed by atoms with Gasteiger partial charge in [0.25, 0.3) is 0 Å². The summed E-state index contributed by atoms with van der Waals surface area (Å²) in [6.07, 6.45) is 1.86. The fraction of sp³-hybridized carbons (Fsp3) is 0.615. The third-order valence-electron chi connectivity index (χ3n) is 2.81. The molecule has 0 amide bonds. The molecule has 0 saturated carbocycles. The highest BCUT2D eigenvalue weighted by molar-refractivity contribution is 6.33. The first-order valence-corrected chi connectivity index (χ1v) is 6.56. The van der Waals surface area contributed by atoms with Crippen LogP contribution in [0.1, 0.15) is 19.4 Å². The number of methoxy groups -OCH3 is 1. The van der Waals surface area contributed by atoms with Crippen molar-refractivity contribution >= 4 is 17.4 Å². The van der Waals surface area contributed by atoms with E-state index in [0.29, 0.717) is 11.6 Å². The molecular weight excluding hydrogens is 250 g/mol. The number of aromatic nitrogens is 1. The first kappa shape index (κ1) is 15.2. The van der Waals surface area contributed by atoms with Gasteiger partial charge in [-0.05, 0) is 32.5 Å². The lowest BCUT2D eigenvalue weighted by Crippen LogP contribution is -2.37. The highest BCUT2D eigenvalue weighted by atomic mass is 35.5. The normalized spacial score (nSPS) is 12.5. The van der Waals surface area contributed by atoms with E-state index in [1.807, 2.05) is 19.3 Å². The van der Waals surface area contributed by atoms with Crippen LogP contribution in [-0.4, -0.2) is 38.3 Å². The zero-order valence-corrected chi connectivity index (χ0v) is 12.3. The van der Waals surface area contributed by atoms with Crippen LogP contribution in [0.25, 0.3) is 0 Å². The number of hydrogen-bond acceptors (Lipinski definition) is 4. The smallest absolute Gasteiger partial charge is 0.147 e. The predicted octanol–water partition coefficient (Wildman–Crippen LogP) is 2.32. The minimum absolute atomic E-state index is 0.250. The van der Waals surface area contributed by atoms with Crippen molar-refractivity contribution in [1.29, 1.82) is 0 Å². The highest BCUT2D eigenvalue weighted by Crippen LogP contribution is 2.25. The Morgan fingerprint density at radius 1 is 1.56 bits per heavy atom. The van der Waals surface area contributed by atoms with Crippen molar-refractivity contribution in [1.82, 2.24) is 10.3 Å². The van der Waals surface area contributed by atoms with Crippen LogP contribution in [0.3, 0.4) is 0 Å². The average Bonchev–Trinajstić information content (AvgIpc) is 2.33. The van der Waals surface area contributed by atoms with E-state index in [-0.39, 0.29) is 6.04 Å². The van der Waals surface area contributed by atoms with E-state index >= 15 is 0 Å². The zero-order chi connectivity index (χ0) is 13.5. The summed E-state index contributed by atoms with van der Waals surface area (Å²) in [6, 6.07) is 2.21. The van der Waals surface area contributed by atoms with Gasteiger partial charge >= 0.3 is 0 Å². The third kappa shape index (κ3) is 3.83. The van der Waals surface area contributed by atoms with Crippen LogP contribution in [-0.2, 0) is 11.3 Å². The van der Waals surface area contributed by atoms with E-state index in [0.717, 1.165) is 24.5 Å². The van der Waals surface area contributed by atoms with Crippen molar-refractivity contribution in [3.63, 3.8) is 0 Å². The fourth-order valence-corrected chi connectivity index (χ4v) is 2.28. The van der Waals surface area contributed by atoms with Gasteiger partial charge in [0.2, 0.25) is 0 Å². The Morgan fingerprint density at radius 3 is 2.78 bits per heavy atom. The third-order valence-corrected chi connectivity index (χ3v) is 3.09. The summed E-state index contributed by atoms with van der Waals surface area (Å²) < 4.78 is 5.19. The summed E-state index contributed by atoms with van der Waals surface area (Å²) >= 11 is 6.31. The Labute approximate surface area is 114 Å². The van der Waals surface area contributed by atoms with Crippen molar-refractivity contribution in [2.75, 3.05) is 32.2 Å². The van der Waals surface area contributed by atoms with Gasteiger partial charge in [-0.3, -0.25) is 0 Å². The second-order valence-corrected chi connectivity index (χ2v) is 4.68. The molecule has 1 aromatic rings. The molecule has 1 atom stereocenters. The number of pyridine rings is 1. The minimum atomic E-state index is 0.250. The van der Waals surface area contributed by atoms with Crippen LogP contribution in [0.4, 0.5) is 5.82 Å². The summed E-state index contributed by atoms with van der Waals surface area (Å²) in [7, 11) is 3.61. The maximum Gasteiger partial charge on any atom is 0.147 e. The first-order chi connectivity index (χ1) is 8.63. The van der Waals surface area contributed by atoms with Gasteiger partial charge in [-0.2, -0.15) is 0 Å². The van der Waals surface area contributed by atoms with E-state index in [1.165, 1.54) is 0 Å². The molecule has 1 unspecified atom stereocenters. The number of nitrogens with zero attached hydrogens (tertiary/aromatic N) is 2. The molecular formula is C13H22ClN3O. The molecule has 5 heteroatoms. The quantitative estimate of drug-likeness (QED) is 0.826. The minimum Gasteiger partial charge on any atom is -0.383 e. The SMILES string of the molecule is CCN(c1ncc(CNC)cc1Cl)C(C)COC. The monoisotopic (exact) mass is 271 g/mol. The molecule has 1 heterocycles. The van der Waals surface area contributed by atoms with Crippen LogP contribution in [0.15, 0.2) is 12.3 Å². The first-order valence-electron chi connectivity index (χ1n) is 6.18. The lowest BCUT2D eigenvalue weighted by atomic mass is 10.2. The molecule has 18 heavy (non-hydrogen) atoms. The van der Waals surface area contributed by atoms with E-state index in [1.54, 1.807) is 7.11 Å². The fourth-order valence-electron chi connectivity index (χ4n) is 1.98. The van der Waals surface area contributed by atoms with Gasteiger partial charge in [-0.1, -0.05) is 11.6 Å². The summed E-state index contributed by atoms with van der Waals surface area (Å²) in [6.45, 7) is 6.47. The van der Waals surface area contributed by atoms with Crippen LogP contribution in [0.5, 0.6) is 0 Å². The molecule has 1 rings (SSSR count). The maximum absolute atomic E-state index is 6.31. The Hall–Kier alpha value is -0.840. The second-order valence-electron chi connectivity index (χ2n) is 4.27. The van der Waals surface area contributed by atoms with Crippen LogP contribution in [0, 0.1) is 0 Å². The number of anilines is 1. The highest BCUT2D eigenvalue weighted by Gasteiger charge is 2.17. The molecule has 0 radical (unpaired) electrons. The lowest BCUT2D eigenvalue weighted by molar-refractivity contribution is 0.181. The van der Waals surface area contributed by atoms with Crippen molar-refractivity contribution in [2.45, 2.75) is 26.4 Å². The Bertz CT molecular complexity index is 373. The molecule has 1 N–H and O–H groups in total. The van der Waals surface area contributed by atoms with E-state index in [2.05, 4.69) is 29.0 Å². The molecule has 0 aliphatic heterocycles. The number of hydrogen-bond donors (Lipinski definition) is 1. The Kier molecular flexibility index (Phi) is 6.39. The van der Waals surface area contributed by atoms with Crippen LogP contribution in [0.2, 0.25) is 5.02 Å². The Morgan fingerprint density at radius 2 is 2.28 bits per heavy atom. The summed E-state index contributed by atoms with van der Waals surface area (Å²) in [5.41, 5.74) is 1.08. The molecule has 4 nitrogen and oxygen atoms in total. The van der Waals surface area contributed by atoms with Gasteiger partial charge in [0, 0.05) is 26.4 Å². The molecule has 0 aromatic carbocycles. The number of likely N-dealkylation sites (N-methyl/N-ethyl adjacent to an activating group) is 1. The average molecular weight is 272 g/mol. The largest absolute Gasteiger partial charge is 0.383 e.